The highest BCUT2D eigenvalue weighted by Crippen LogP contribution is 2.34. The number of aliphatic hydroxyl groups is 1. The Hall–Kier alpha value is -3.31. The van der Waals surface area contributed by atoms with Crippen molar-refractivity contribution in [3.05, 3.63) is 60.2 Å². The van der Waals surface area contributed by atoms with Crippen LogP contribution >= 0.6 is 0 Å². The van der Waals surface area contributed by atoms with Crippen molar-refractivity contribution in [1.82, 2.24) is 14.7 Å². The van der Waals surface area contributed by atoms with E-state index in [1.807, 2.05) is 61.6 Å². The topological polar surface area (TPSA) is 69.0 Å². The second-order valence-electron chi connectivity index (χ2n) is 8.01. The van der Waals surface area contributed by atoms with Crippen molar-refractivity contribution < 1.29 is 19.3 Å². The number of hydrogen-bond acceptors (Lipinski definition) is 6. The number of benzene rings is 2. The zero-order valence-electron chi connectivity index (χ0n) is 20.1. The van der Waals surface area contributed by atoms with Crippen LogP contribution in [0.2, 0.25) is 0 Å². The molecule has 0 aliphatic rings. The van der Waals surface area contributed by atoms with Crippen LogP contribution in [0.15, 0.2) is 54.6 Å². The van der Waals surface area contributed by atoms with E-state index >= 15 is 0 Å². The second-order valence-corrected chi connectivity index (χ2v) is 8.01. The highest BCUT2D eigenvalue weighted by molar-refractivity contribution is 5.65. The van der Waals surface area contributed by atoms with Crippen LogP contribution in [0, 0.1) is 12.3 Å². The fourth-order valence-corrected chi connectivity index (χ4v) is 3.79. The fraction of sp³-hybridized carbons (Fsp3) is 0.370. The van der Waals surface area contributed by atoms with Gasteiger partial charge in [-0.15, -0.1) is 6.42 Å². The van der Waals surface area contributed by atoms with E-state index in [4.69, 9.17) is 25.7 Å². The zero-order valence-corrected chi connectivity index (χ0v) is 20.1. The quantitative estimate of drug-likeness (QED) is 0.304. The van der Waals surface area contributed by atoms with Gasteiger partial charge in [0, 0.05) is 25.7 Å². The van der Waals surface area contributed by atoms with Crippen molar-refractivity contribution in [2.45, 2.75) is 26.0 Å². The molecule has 7 nitrogen and oxygen atoms in total. The van der Waals surface area contributed by atoms with Crippen molar-refractivity contribution in [3.63, 3.8) is 0 Å². The Balaban J connectivity index is 1.92. The maximum Gasteiger partial charge on any atom is 0.222 e. The monoisotopic (exact) mass is 463 g/mol. The highest BCUT2D eigenvalue weighted by Gasteiger charge is 2.23. The van der Waals surface area contributed by atoms with Crippen molar-refractivity contribution in [2.75, 3.05) is 33.4 Å². The fourth-order valence-electron chi connectivity index (χ4n) is 3.79. The molecule has 0 saturated carbocycles. The Morgan fingerprint density at radius 2 is 1.82 bits per heavy atom. The van der Waals surface area contributed by atoms with Gasteiger partial charge in [-0.1, -0.05) is 43.2 Å². The Morgan fingerprint density at radius 3 is 2.47 bits per heavy atom. The summed E-state index contributed by atoms with van der Waals surface area (Å²) in [7, 11) is 3.51. The molecule has 0 saturated heterocycles. The first-order valence-corrected chi connectivity index (χ1v) is 11.4. The summed E-state index contributed by atoms with van der Waals surface area (Å²) in [6.07, 6.45) is 5.53. The first-order valence-electron chi connectivity index (χ1n) is 11.4. The molecule has 0 spiro atoms. The molecule has 1 atom stereocenters. The summed E-state index contributed by atoms with van der Waals surface area (Å²) < 4.78 is 18.7. The van der Waals surface area contributed by atoms with Crippen LogP contribution < -0.4 is 9.47 Å². The number of terminal acetylenes is 1. The number of aliphatic hydroxyl groups excluding tert-OH is 1. The summed E-state index contributed by atoms with van der Waals surface area (Å²) in [4.78, 5) is 2.19. The second kappa shape index (κ2) is 12.8. The van der Waals surface area contributed by atoms with Crippen LogP contribution in [-0.2, 0) is 18.3 Å². The minimum Gasteiger partial charge on any atom is -0.497 e. The molecular formula is C27H33N3O4. The van der Waals surface area contributed by atoms with Crippen LogP contribution in [0.1, 0.15) is 18.9 Å². The third-order valence-corrected chi connectivity index (χ3v) is 5.30. The molecule has 1 N–H and O–H groups in total. The number of rotatable bonds is 13. The molecule has 0 bridgehead atoms. The smallest absolute Gasteiger partial charge is 0.222 e. The molecule has 0 aliphatic heterocycles. The van der Waals surface area contributed by atoms with Gasteiger partial charge in [0.1, 0.15) is 23.8 Å². The van der Waals surface area contributed by atoms with E-state index in [0.29, 0.717) is 24.7 Å². The minimum absolute atomic E-state index is 0.186. The lowest BCUT2D eigenvalue weighted by atomic mass is 10.1. The minimum atomic E-state index is -0.650. The Morgan fingerprint density at radius 1 is 1.12 bits per heavy atom. The SMILES string of the molecule is C#CCOCC(O)CN(CCC)Cc1c(-c2ccccc2)nn(C)c1Oc1ccc(OC)cc1. The first-order chi connectivity index (χ1) is 16.5. The molecule has 180 valence electrons. The molecule has 1 unspecified atom stereocenters. The van der Waals surface area contributed by atoms with Gasteiger partial charge in [-0.05, 0) is 37.2 Å². The van der Waals surface area contributed by atoms with Crippen LogP contribution in [-0.4, -0.2) is 59.3 Å². The number of methoxy groups -OCH3 is 1. The van der Waals surface area contributed by atoms with Crippen molar-refractivity contribution >= 4 is 0 Å². The first kappa shape index (κ1) is 25.3. The number of hydrogen-bond donors (Lipinski definition) is 1. The largest absolute Gasteiger partial charge is 0.497 e. The average Bonchev–Trinajstić information content (AvgIpc) is 3.15. The number of ether oxygens (including phenoxy) is 3. The summed E-state index contributed by atoms with van der Waals surface area (Å²) in [5, 5.41) is 15.3. The Kier molecular flexibility index (Phi) is 9.53. The van der Waals surface area contributed by atoms with Gasteiger partial charge in [0.25, 0.3) is 0 Å². The van der Waals surface area contributed by atoms with E-state index in [2.05, 4.69) is 17.7 Å². The van der Waals surface area contributed by atoms with E-state index in [-0.39, 0.29) is 13.2 Å². The van der Waals surface area contributed by atoms with Gasteiger partial charge >= 0.3 is 0 Å². The molecule has 34 heavy (non-hydrogen) atoms. The van der Waals surface area contributed by atoms with Gasteiger partial charge < -0.3 is 19.3 Å². The van der Waals surface area contributed by atoms with Crippen LogP contribution in [0.25, 0.3) is 11.3 Å². The standard InChI is InChI=1S/C27H33N3O4/c1-5-16-30(18-22(31)20-33-17-6-2)19-25-26(21-10-8-7-9-11-21)28-29(3)27(25)34-24-14-12-23(32-4)13-15-24/h2,7-15,22,31H,5,16-20H2,1,3-4H3. The summed E-state index contributed by atoms with van der Waals surface area (Å²) in [6.45, 7) is 4.30. The Labute approximate surface area is 201 Å². The predicted molar refractivity (Wildman–Crippen MR) is 133 cm³/mol. The lowest BCUT2D eigenvalue weighted by Gasteiger charge is -2.25. The summed E-state index contributed by atoms with van der Waals surface area (Å²) in [5.74, 6) is 4.53. The van der Waals surface area contributed by atoms with E-state index in [0.717, 1.165) is 35.5 Å². The molecule has 1 aromatic heterocycles. The van der Waals surface area contributed by atoms with Crippen LogP contribution in [0.4, 0.5) is 0 Å². The molecule has 0 amide bonds. The molecule has 0 radical (unpaired) electrons. The summed E-state index contributed by atoms with van der Waals surface area (Å²) >= 11 is 0. The maximum atomic E-state index is 10.5. The van der Waals surface area contributed by atoms with Crippen LogP contribution in [0.3, 0.4) is 0 Å². The van der Waals surface area contributed by atoms with Gasteiger partial charge in [0.2, 0.25) is 5.88 Å². The number of aryl methyl sites for hydroxylation is 1. The molecule has 3 rings (SSSR count). The van der Waals surface area contributed by atoms with Gasteiger partial charge in [0.05, 0.1) is 25.4 Å². The van der Waals surface area contributed by atoms with Crippen LogP contribution in [0.5, 0.6) is 17.4 Å². The van der Waals surface area contributed by atoms with Crippen molar-refractivity contribution in [3.8, 4) is 41.0 Å². The zero-order chi connectivity index (χ0) is 24.3. The van der Waals surface area contributed by atoms with E-state index in [1.54, 1.807) is 11.8 Å². The average molecular weight is 464 g/mol. The molecule has 0 fully saturated rings. The van der Waals surface area contributed by atoms with Gasteiger partial charge in [-0.3, -0.25) is 4.90 Å². The predicted octanol–water partition coefficient (Wildman–Crippen LogP) is 4.11. The lowest BCUT2D eigenvalue weighted by molar-refractivity contribution is 0.0260. The van der Waals surface area contributed by atoms with Gasteiger partial charge in [-0.25, -0.2) is 4.68 Å². The van der Waals surface area contributed by atoms with Gasteiger partial charge in [0.15, 0.2) is 0 Å². The molecule has 0 aliphatic carbocycles. The summed E-state index contributed by atoms with van der Waals surface area (Å²) in [6, 6.07) is 17.5. The maximum absolute atomic E-state index is 10.5. The number of aromatic nitrogens is 2. The van der Waals surface area contributed by atoms with E-state index < -0.39 is 6.10 Å². The third-order valence-electron chi connectivity index (χ3n) is 5.30. The molecule has 1 heterocycles. The number of nitrogens with zero attached hydrogens (tertiary/aromatic N) is 3. The lowest BCUT2D eigenvalue weighted by Crippen LogP contribution is -2.35. The molecule has 7 heteroatoms. The molecular weight excluding hydrogens is 430 g/mol. The molecule has 3 aromatic rings. The van der Waals surface area contributed by atoms with E-state index in [9.17, 15) is 5.11 Å². The Bertz CT molecular complexity index is 1060. The van der Waals surface area contributed by atoms with Gasteiger partial charge in [-0.2, -0.15) is 5.10 Å². The summed E-state index contributed by atoms with van der Waals surface area (Å²) in [5.41, 5.74) is 2.81. The van der Waals surface area contributed by atoms with Crippen molar-refractivity contribution in [2.24, 2.45) is 7.05 Å². The highest BCUT2D eigenvalue weighted by atomic mass is 16.5. The van der Waals surface area contributed by atoms with E-state index in [1.165, 1.54) is 0 Å². The normalized spacial score (nSPS) is 11.9. The third kappa shape index (κ3) is 6.84. The van der Waals surface area contributed by atoms with Crippen molar-refractivity contribution in [1.29, 1.82) is 0 Å². The molecule has 2 aromatic carbocycles.